The van der Waals surface area contributed by atoms with Crippen molar-refractivity contribution < 1.29 is 5.11 Å². The van der Waals surface area contributed by atoms with Gasteiger partial charge in [-0.1, -0.05) is 37.0 Å². The van der Waals surface area contributed by atoms with Crippen LogP contribution in [-0.2, 0) is 0 Å². The van der Waals surface area contributed by atoms with Crippen LogP contribution in [-0.4, -0.2) is 35.2 Å². The third-order valence-electron chi connectivity index (χ3n) is 3.00. The van der Waals surface area contributed by atoms with Crippen LogP contribution >= 0.6 is 0 Å². The van der Waals surface area contributed by atoms with Crippen molar-refractivity contribution >= 4 is 0 Å². The van der Waals surface area contributed by atoms with Crippen LogP contribution in [0.3, 0.4) is 0 Å². The van der Waals surface area contributed by atoms with Crippen LogP contribution in [0.5, 0.6) is 0 Å². The number of likely N-dealkylation sites (tertiary alicyclic amines) is 1. The second-order valence-electron chi connectivity index (χ2n) is 4.39. The summed E-state index contributed by atoms with van der Waals surface area (Å²) in [7, 11) is 0. The molecule has 0 aliphatic carbocycles. The Bertz CT molecular complexity index is 396. The van der Waals surface area contributed by atoms with Crippen molar-refractivity contribution in [1.82, 2.24) is 4.90 Å². The van der Waals surface area contributed by atoms with E-state index >= 15 is 0 Å². The fourth-order valence-corrected chi connectivity index (χ4v) is 1.90. The summed E-state index contributed by atoms with van der Waals surface area (Å²) in [5, 5.41) is 9.82. The zero-order chi connectivity index (χ0) is 11.4. The molecule has 2 rings (SSSR count). The van der Waals surface area contributed by atoms with E-state index in [0.717, 1.165) is 31.6 Å². The molecule has 84 valence electrons. The molecule has 1 fully saturated rings. The molecular weight excluding hydrogens is 198 g/mol. The smallest absolute Gasteiger partial charge is 0.0898 e. The minimum absolute atomic E-state index is 0.450. The number of benzene rings is 1. The molecule has 0 amide bonds. The van der Waals surface area contributed by atoms with Gasteiger partial charge in [-0.3, -0.25) is 4.90 Å². The van der Waals surface area contributed by atoms with Crippen LogP contribution < -0.4 is 0 Å². The van der Waals surface area contributed by atoms with E-state index in [0.29, 0.717) is 0 Å². The summed E-state index contributed by atoms with van der Waals surface area (Å²) in [5.41, 5.74) is 0.600. The van der Waals surface area contributed by atoms with E-state index < -0.39 is 5.60 Å². The Kier molecular flexibility index (Phi) is 3.28. The molecule has 1 aromatic rings. The van der Waals surface area contributed by atoms with E-state index in [9.17, 15) is 5.11 Å². The molecule has 1 aliphatic heterocycles. The largest absolute Gasteiger partial charge is 0.387 e. The predicted molar refractivity (Wildman–Crippen MR) is 65.0 cm³/mol. The lowest BCUT2D eigenvalue weighted by molar-refractivity contribution is -0.0935. The molecule has 1 heterocycles. The Morgan fingerprint density at radius 3 is 2.62 bits per heavy atom. The molecule has 2 nitrogen and oxygen atoms in total. The van der Waals surface area contributed by atoms with Gasteiger partial charge in [0.2, 0.25) is 0 Å². The number of hydrogen-bond donors (Lipinski definition) is 1. The monoisotopic (exact) mass is 215 g/mol. The molecule has 0 unspecified atom stereocenters. The molecule has 1 aromatic carbocycles. The number of hydrogen-bond acceptors (Lipinski definition) is 2. The Labute approximate surface area is 96.9 Å². The zero-order valence-electron chi connectivity index (χ0n) is 9.61. The maximum absolute atomic E-state index is 9.82. The maximum Gasteiger partial charge on any atom is 0.0898 e. The fourth-order valence-electron chi connectivity index (χ4n) is 1.90. The number of nitrogens with zero attached hydrogens (tertiary/aromatic N) is 1. The first-order chi connectivity index (χ1) is 7.72. The summed E-state index contributed by atoms with van der Waals surface area (Å²) in [5.74, 6) is 6.25. The zero-order valence-corrected chi connectivity index (χ0v) is 9.61. The normalized spacial score (nSPS) is 18.4. The molecule has 0 aromatic heterocycles. The topological polar surface area (TPSA) is 23.5 Å². The highest BCUT2D eigenvalue weighted by Gasteiger charge is 2.38. The van der Waals surface area contributed by atoms with Crippen LogP contribution in [0.25, 0.3) is 0 Å². The van der Waals surface area contributed by atoms with Crippen molar-refractivity contribution in [3.8, 4) is 11.8 Å². The molecule has 0 bridgehead atoms. The van der Waals surface area contributed by atoms with Gasteiger partial charge in [-0.05, 0) is 18.6 Å². The van der Waals surface area contributed by atoms with Crippen molar-refractivity contribution in [3.05, 3.63) is 35.9 Å². The van der Waals surface area contributed by atoms with Crippen molar-refractivity contribution in [2.75, 3.05) is 19.6 Å². The molecule has 0 spiro atoms. The minimum Gasteiger partial charge on any atom is -0.387 e. The third-order valence-corrected chi connectivity index (χ3v) is 3.00. The van der Waals surface area contributed by atoms with Crippen LogP contribution in [0.15, 0.2) is 30.3 Å². The lowest BCUT2D eigenvalue weighted by Gasteiger charge is -2.45. The summed E-state index contributed by atoms with van der Waals surface area (Å²) in [6.07, 6.45) is 0.829. The van der Waals surface area contributed by atoms with E-state index in [1.807, 2.05) is 37.3 Å². The van der Waals surface area contributed by atoms with Gasteiger partial charge in [0.1, 0.15) is 0 Å². The van der Waals surface area contributed by atoms with Crippen LogP contribution in [0.2, 0.25) is 0 Å². The summed E-state index contributed by atoms with van der Waals surface area (Å²) in [6.45, 7) is 4.28. The first kappa shape index (κ1) is 11.2. The molecule has 16 heavy (non-hydrogen) atoms. The van der Waals surface area contributed by atoms with Gasteiger partial charge in [-0.15, -0.1) is 0 Å². The average Bonchev–Trinajstić information content (AvgIpc) is 2.28. The van der Waals surface area contributed by atoms with Gasteiger partial charge < -0.3 is 5.11 Å². The molecule has 1 N–H and O–H groups in total. The SMILES string of the molecule is CCC1(O)CN(CC#Cc2ccccc2)C1. The van der Waals surface area contributed by atoms with E-state index in [4.69, 9.17) is 0 Å². The van der Waals surface area contributed by atoms with Crippen molar-refractivity contribution in [1.29, 1.82) is 0 Å². The van der Waals surface area contributed by atoms with Crippen LogP contribution in [0.1, 0.15) is 18.9 Å². The van der Waals surface area contributed by atoms with E-state index in [1.54, 1.807) is 0 Å². The minimum atomic E-state index is -0.450. The summed E-state index contributed by atoms with van der Waals surface area (Å²) >= 11 is 0. The molecular formula is C14H17NO. The molecule has 2 heteroatoms. The Balaban J connectivity index is 1.80. The van der Waals surface area contributed by atoms with Gasteiger partial charge in [0.25, 0.3) is 0 Å². The highest BCUT2D eigenvalue weighted by atomic mass is 16.3. The summed E-state index contributed by atoms with van der Waals surface area (Å²) in [6, 6.07) is 9.98. The Hall–Kier alpha value is -1.30. The predicted octanol–water partition coefficient (Wildman–Crippen LogP) is 1.49. The van der Waals surface area contributed by atoms with Crippen molar-refractivity contribution in [2.45, 2.75) is 18.9 Å². The molecule has 1 aliphatic rings. The highest BCUT2D eigenvalue weighted by molar-refractivity contribution is 5.33. The fraction of sp³-hybridized carbons (Fsp3) is 0.429. The second-order valence-corrected chi connectivity index (χ2v) is 4.39. The molecule has 0 radical (unpaired) electrons. The van der Waals surface area contributed by atoms with Gasteiger partial charge in [0.05, 0.1) is 12.1 Å². The summed E-state index contributed by atoms with van der Waals surface area (Å²) < 4.78 is 0. The molecule has 0 saturated carbocycles. The third kappa shape index (κ3) is 2.63. The highest BCUT2D eigenvalue weighted by Crippen LogP contribution is 2.22. The van der Waals surface area contributed by atoms with E-state index in [2.05, 4.69) is 16.7 Å². The maximum atomic E-state index is 9.82. The van der Waals surface area contributed by atoms with Gasteiger partial charge >= 0.3 is 0 Å². The quantitative estimate of drug-likeness (QED) is 0.756. The summed E-state index contributed by atoms with van der Waals surface area (Å²) in [4.78, 5) is 2.17. The van der Waals surface area contributed by atoms with Crippen molar-refractivity contribution in [3.63, 3.8) is 0 Å². The lowest BCUT2D eigenvalue weighted by Crippen LogP contribution is -2.61. The van der Waals surface area contributed by atoms with E-state index in [1.165, 1.54) is 0 Å². The number of β-amino-alcohol motifs (C(OH)–C–C–N with tert-alkyl or cyclic N) is 1. The molecule has 1 saturated heterocycles. The first-order valence-corrected chi connectivity index (χ1v) is 5.70. The van der Waals surface area contributed by atoms with Gasteiger partial charge in [0, 0.05) is 18.7 Å². The number of rotatable bonds is 2. The van der Waals surface area contributed by atoms with Gasteiger partial charge in [0.15, 0.2) is 0 Å². The number of aliphatic hydroxyl groups is 1. The van der Waals surface area contributed by atoms with E-state index in [-0.39, 0.29) is 0 Å². The standard InChI is InChI=1S/C14H17NO/c1-2-14(16)11-15(12-14)10-6-9-13-7-4-3-5-8-13/h3-5,7-8,16H,2,10-12H2,1H3. The Morgan fingerprint density at radius 2 is 2.00 bits per heavy atom. The second kappa shape index (κ2) is 4.69. The van der Waals surface area contributed by atoms with Crippen LogP contribution in [0.4, 0.5) is 0 Å². The van der Waals surface area contributed by atoms with Crippen LogP contribution in [0, 0.1) is 11.8 Å². The van der Waals surface area contributed by atoms with Gasteiger partial charge in [-0.2, -0.15) is 0 Å². The average molecular weight is 215 g/mol. The first-order valence-electron chi connectivity index (χ1n) is 5.70. The Morgan fingerprint density at radius 1 is 1.31 bits per heavy atom. The molecule has 0 atom stereocenters. The van der Waals surface area contributed by atoms with Crippen molar-refractivity contribution in [2.24, 2.45) is 0 Å². The lowest BCUT2D eigenvalue weighted by atomic mass is 9.91. The van der Waals surface area contributed by atoms with Gasteiger partial charge in [-0.25, -0.2) is 0 Å².